The molecule has 3 rings (SSSR count). The summed E-state index contributed by atoms with van der Waals surface area (Å²) >= 11 is 0. The maximum Gasteiger partial charge on any atom is 0.309 e. The van der Waals surface area contributed by atoms with Gasteiger partial charge in [-0.05, 0) is 50.8 Å². The standard InChI is InChI=1S/C24H32N4O3/c1-4-31-24(30)20-8-10-28(11-9-20)23(29)21(16-25)17-26-12-14-27(15-13-26)22-7-5-6-18(2)19(22)3/h5-7,17,20H,4,8-15H2,1-3H3/b21-17-. The summed E-state index contributed by atoms with van der Waals surface area (Å²) in [6.07, 6.45) is 2.87. The Hall–Kier alpha value is -3.01. The summed E-state index contributed by atoms with van der Waals surface area (Å²) in [5.74, 6) is -0.592. The SMILES string of the molecule is CCOC(=O)C1CCN(C(=O)/C(C#N)=C\N2CCN(c3cccc(C)c3C)CC2)CC1. The molecule has 0 unspecified atom stereocenters. The van der Waals surface area contributed by atoms with E-state index in [-0.39, 0.29) is 23.4 Å². The predicted octanol–water partition coefficient (Wildman–Crippen LogP) is 2.63. The molecule has 2 aliphatic heterocycles. The van der Waals surface area contributed by atoms with Crippen LogP contribution in [0.2, 0.25) is 0 Å². The monoisotopic (exact) mass is 424 g/mol. The number of esters is 1. The molecular weight excluding hydrogens is 392 g/mol. The van der Waals surface area contributed by atoms with Gasteiger partial charge in [0.2, 0.25) is 0 Å². The van der Waals surface area contributed by atoms with E-state index in [4.69, 9.17) is 4.74 Å². The Morgan fingerprint density at radius 1 is 1.13 bits per heavy atom. The van der Waals surface area contributed by atoms with Gasteiger partial charge >= 0.3 is 5.97 Å². The van der Waals surface area contributed by atoms with Crippen molar-refractivity contribution in [2.75, 3.05) is 50.8 Å². The molecule has 1 aromatic rings. The first-order valence-corrected chi connectivity index (χ1v) is 11.1. The van der Waals surface area contributed by atoms with Gasteiger partial charge in [-0.25, -0.2) is 0 Å². The Bertz CT molecular complexity index is 873. The lowest BCUT2D eigenvalue weighted by atomic mass is 9.96. The Kier molecular flexibility index (Phi) is 7.56. The van der Waals surface area contributed by atoms with Gasteiger partial charge in [-0.3, -0.25) is 9.59 Å². The van der Waals surface area contributed by atoms with Gasteiger partial charge in [0.05, 0.1) is 12.5 Å². The number of piperazine rings is 1. The summed E-state index contributed by atoms with van der Waals surface area (Å²) in [6, 6.07) is 8.44. The van der Waals surface area contributed by atoms with Crippen LogP contribution in [0.5, 0.6) is 0 Å². The van der Waals surface area contributed by atoms with E-state index in [1.165, 1.54) is 16.8 Å². The third-order valence-electron chi connectivity index (χ3n) is 6.30. The highest BCUT2D eigenvalue weighted by molar-refractivity contribution is 5.97. The van der Waals surface area contributed by atoms with Crippen LogP contribution in [0.15, 0.2) is 30.0 Å². The van der Waals surface area contributed by atoms with Crippen LogP contribution in [-0.2, 0) is 14.3 Å². The highest BCUT2D eigenvalue weighted by Gasteiger charge is 2.30. The van der Waals surface area contributed by atoms with Crippen LogP contribution in [-0.4, -0.2) is 67.6 Å². The summed E-state index contributed by atoms with van der Waals surface area (Å²) in [5.41, 5.74) is 3.99. The van der Waals surface area contributed by atoms with Gasteiger partial charge in [0.15, 0.2) is 0 Å². The first kappa shape index (κ1) is 22.7. The maximum atomic E-state index is 12.9. The number of carbonyl (C=O) groups is 2. The molecule has 7 nitrogen and oxygen atoms in total. The average molecular weight is 425 g/mol. The molecule has 7 heteroatoms. The largest absolute Gasteiger partial charge is 0.466 e. The Morgan fingerprint density at radius 2 is 1.81 bits per heavy atom. The lowest BCUT2D eigenvalue weighted by Crippen LogP contribution is -2.45. The number of hydrogen-bond acceptors (Lipinski definition) is 6. The molecule has 2 fully saturated rings. The molecular formula is C24H32N4O3. The van der Waals surface area contributed by atoms with Crippen molar-refractivity contribution in [1.82, 2.24) is 9.80 Å². The van der Waals surface area contributed by atoms with E-state index in [0.29, 0.717) is 32.5 Å². The number of benzene rings is 1. The molecule has 31 heavy (non-hydrogen) atoms. The number of amides is 1. The van der Waals surface area contributed by atoms with Gasteiger partial charge in [-0.2, -0.15) is 5.26 Å². The quantitative estimate of drug-likeness (QED) is 0.411. The molecule has 0 spiro atoms. The van der Waals surface area contributed by atoms with Crippen LogP contribution in [0.4, 0.5) is 5.69 Å². The Labute approximate surface area is 184 Å². The van der Waals surface area contributed by atoms with Crippen molar-refractivity contribution in [2.45, 2.75) is 33.6 Å². The van der Waals surface area contributed by atoms with Crippen molar-refractivity contribution in [3.05, 3.63) is 41.1 Å². The molecule has 166 valence electrons. The fraction of sp³-hybridized carbons (Fsp3) is 0.542. The number of anilines is 1. The number of carbonyl (C=O) groups excluding carboxylic acids is 2. The van der Waals surface area contributed by atoms with Crippen LogP contribution in [0.1, 0.15) is 30.9 Å². The zero-order chi connectivity index (χ0) is 22.4. The molecule has 2 aliphatic rings. The molecule has 1 amide bonds. The van der Waals surface area contributed by atoms with Crippen LogP contribution in [0.25, 0.3) is 0 Å². The second-order valence-electron chi connectivity index (χ2n) is 8.22. The van der Waals surface area contributed by atoms with E-state index >= 15 is 0 Å². The van der Waals surface area contributed by atoms with Crippen LogP contribution in [0.3, 0.4) is 0 Å². The number of aryl methyl sites for hydroxylation is 1. The summed E-state index contributed by atoms with van der Waals surface area (Å²) in [4.78, 5) is 30.8. The number of hydrogen-bond donors (Lipinski definition) is 0. The second kappa shape index (κ2) is 10.3. The fourth-order valence-electron chi connectivity index (χ4n) is 4.23. The highest BCUT2D eigenvalue weighted by atomic mass is 16.5. The van der Waals surface area contributed by atoms with E-state index in [0.717, 1.165) is 26.2 Å². The number of rotatable bonds is 5. The summed E-state index contributed by atoms with van der Waals surface area (Å²) < 4.78 is 5.08. The highest BCUT2D eigenvalue weighted by Crippen LogP contribution is 2.24. The van der Waals surface area contributed by atoms with Crippen molar-refractivity contribution in [3.8, 4) is 6.07 Å². The Balaban J connectivity index is 1.56. The lowest BCUT2D eigenvalue weighted by Gasteiger charge is -2.37. The molecule has 0 bridgehead atoms. The summed E-state index contributed by atoms with van der Waals surface area (Å²) in [5, 5.41) is 9.59. The Morgan fingerprint density at radius 3 is 2.42 bits per heavy atom. The lowest BCUT2D eigenvalue weighted by molar-refractivity contribution is -0.150. The molecule has 0 radical (unpaired) electrons. The minimum absolute atomic E-state index is 0.156. The molecule has 2 heterocycles. The van der Waals surface area contributed by atoms with Crippen molar-refractivity contribution >= 4 is 17.6 Å². The van der Waals surface area contributed by atoms with Crippen LogP contribution in [0, 0.1) is 31.1 Å². The first-order valence-electron chi connectivity index (χ1n) is 11.1. The zero-order valence-electron chi connectivity index (χ0n) is 18.8. The van der Waals surface area contributed by atoms with Crippen LogP contribution >= 0.6 is 0 Å². The zero-order valence-corrected chi connectivity index (χ0v) is 18.8. The predicted molar refractivity (Wildman–Crippen MR) is 119 cm³/mol. The number of ether oxygens (including phenoxy) is 1. The first-order chi connectivity index (χ1) is 14.9. The fourth-order valence-corrected chi connectivity index (χ4v) is 4.23. The summed E-state index contributed by atoms with van der Waals surface area (Å²) in [7, 11) is 0. The normalized spacial score (nSPS) is 18.0. The van der Waals surface area contributed by atoms with Gasteiger partial charge in [0.25, 0.3) is 5.91 Å². The molecule has 0 aromatic heterocycles. The van der Waals surface area contributed by atoms with Crippen molar-refractivity contribution < 1.29 is 14.3 Å². The number of nitriles is 1. The second-order valence-corrected chi connectivity index (χ2v) is 8.22. The molecule has 0 aliphatic carbocycles. The van der Waals surface area contributed by atoms with E-state index in [2.05, 4.69) is 47.9 Å². The van der Waals surface area contributed by atoms with E-state index in [1.54, 1.807) is 18.0 Å². The third kappa shape index (κ3) is 5.38. The van der Waals surface area contributed by atoms with Gasteiger partial charge in [-0.15, -0.1) is 0 Å². The molecule has 0 N–H and O–H groups in total. The van der Waals surface area contributed by atoms with Crippen LogP contribution < -0.4 is 4.90 Å². The summed E-state index contributed by atoms with van der Waals surface area (Å²) in [6.45, 7) is 10.6. The molecule has 2 saturated heterocycles. The molecule has 0 atom stereocenters. The minimum atomic E-state index is -0.248. The molecule has 1 aromatic carbocycles. The van der Waals surface area contributed by atoms with Crippen molar-refractivity contribution in [1.29, 1.82) is 5.26 Å². The average Bonchev–Trinajstić information content (AvgIpc) is 2.79. The van der Waals surface area contributed by atoms with E-state index in [1.807, 2.05) is 0 Å². The number of likely N-dealkylation sites (tertiary alicyclic amines) is 1. The number of nitrogens with zero attached hydrogens (tertiary/aromatic N) is 4. The van der Waals surface area contributed by atoms with E-state index < -0.39 is 0 Å². The minimum Gasteiger partial charge on any atom is -0.466 e. The van der Waals surface area contributed by atoms with Gasteiger partial charge < -0.3 is 19.4 Å². The van der Waals surface area contributed by atoms with E-state index in [9.17, 15) is 14.9 Å². The third-order valence-corrected chi connectivity index (χ3v) is 6.30. The van der Waals surface area contributed by atoms with Gasteiger partial charge in [-0.1, -0.05) is 12.1 Å². The van der Waals surface area contributed by atoms with Gasteiger partial charge in [0.1, 0.15) is 11.6 Å². The maximum absolute atomic E-state index is 12.9. The topological polar surface area (TPSA) is 76.9 Å². The molecule has 0 saturated carbocycles. The van der Waals surface area contributed by atoms with Crippen molar-refractivity contribution in [2.24, 2.45) is 5.92 Å². The smallest absolute Gasteiger partial charge is 0.309 e. The number of piperidine rings is 1. The van der Waals surface area contributed by atoms with Gasteiger partial charge in [0, 0.05) is 51.2 Å². The van der Waals surface area contributed by atoms with Crippen molar-refractivity contribution in [3.63, 3.8) is 0 Å².